The van der Waals surface area contributed by atoms with E-state index in [-0.39, 0.29) is 5.78 Å². The molecule has 1 aromatic carbocycles. The second kappa shape index (κ2) is 7.55. The van der Waals surface area contributed by atoms with Gasteiger partial charge in [0.25, 0.3) is 0 Å². The van der Waals surface area contributed by atoms with E-state index < -0.39 is 5.92 Å². The second-order valence-electron chi connectivity index (χ2n) is 5.93. The van der Waals surface area contributed by atoms with Crippen LogP contribution in [-0.2, 0) is 17.8 Å². The first-order valence-corrected chi connectivity index (χ1v) is 8.27. The second-order valence-corrected chi connectivity index (χ2v) is 5.93. The zero-order chi connectivity index (χ0) is 17.6. The molecule has 3 rings (SSSR count). The van der Waals surface area contributed by atoms with Crippen molar-refractivity contribution in [2.24, 2.45) is 0 Å². The molecule has 0 fully saturated rings. The zero-order valence-corrected chi connectivity index (χ0v) is 13.7. The van der Waals surface area contributed by atoms with Crippen LogP contribution in [0.1, 0.15) is 48.0 Å². The highest BCUT2D eigenvalue weighted by Gasteiger charge is 2.26. The van der Waals surface area contributed by atoms with Crippen molar-refractivity contribution in [2.75, 3.05) is 0 Å². The number of rotatable bonds is 4. The summed E-state index contributed by atoms with van der Waals surface area (Å²) in [6, 6.07) is 11.1. The predicted molar refractivity (Wildman–Crippen MR) is 91.1 cm³/mol. The fourth-order valence-electron chi connectivity index (χ4n) is 2.98. The minimum absolute atomic E-state index is 0.352. The van der Waals surface area contributed by atoms with Crippen LogP contribution in [0.5, 0.6) is 0 Å². The molecule has 1 unspecified atom stereocenters. The van der Waals surface area contributed by atoms with Crippen LogP contribution >= 0.6 is 0 Å². The molecule has 0 amide bonds. The van der Waals surface area contributed by atoms with Gasteiger partial charge < -0.3 is 4.57 Å². The quantitative estimate of drug-likeness (QED) is 0.803. The van der Waals surface area contributed by atoms with Gasteiger partial charge in [-0.15, -0.1) is 10.2 Å². The molecule has 2 heterocycles. The van der Waals surface area contributed by atoms with Crippen LogP contribution in [0.2, 0.25) is 0 Å². The maximum absolute atomic E-state index is 12.5. The van der Waals surface area contributed by atoms with Gasteiger partial charge in [-0.3, -0.25) is 4.79 Å². The lowest BCUT2D eigenvalue weighted by Gasteiger charge is -2.09. The molecule has 6 nitrogen and oxygen atoms in total. The number of hydrogen-bond acceptors (Lipinski definition) is 5. The monoisotopic (exact) mass is 331 g/mol. The van der Waals surface area contributed by atoms with Crippen molar-refractivity contribution >= 4 is 11.9 Å². The maximum Gasteiger partial charge on any atom is 0.180 e. The van der Waals surface area contributed by atoms with Gasteiger partial charge in [0.15, 0.2) is 17.5 Å². The van der Waals surface area contributed by atoms with Crippen molar-refractivity contribution in [3.05, 3.63) is 53.1 Å². The first-order chi connectivity index (χ1) is 12.2. The normalized spacial score (nSPS) is 15.0. The molecule has 6 heteroatoms. The van der Waals surface area contributed by atoms with Crippen LogP contribution in [0.3, 0.4) is 0 Å². The van der Waals surface area contributed by atoms with Crippen LogP contribution in [-0.4, -0.2) is 20.5 Å². The molecule has 1 aliphatic heterocycles. The number of nitrogens with zero attached hydrogens (tertiary/aromatic N) is 5. The zero-order valence-electron chi connectivity index (χ0n) is 13.7. The van der Waals surface area contributed by atoms with Gasteiger partial charge in [0.2, 0.25) is 0 Å². The van der Waals surface area contributed by atoms with E-state index in [1.165, 1.54) is 6.08 Å². The minimum atomic E-state index is -0.982. The highest BCUT2D eigenvalue weighted by atomic mass is 16.1. The average molecular weight is 331 g/mol. The largest absolute Gasteiger partial charge is 0.313 e. The Labute approximate surface area is 146 Å². The van der Waals surface area contributed by atoms with E-state index in [1.807, 2.05) is 4.57 Å². The third-order valence-electron chi connectivity index (χ3n) is 4.32. The lowest BCUT2D eigenvalue weighted by atomic mass is 10.0. The molecule has 2 aromatic rings. The summed E-state index contributed by atoms with van der Waals surface area (Å²) in [5.41, 5.74) is 1.13. The van der Waals surface area contributed by atoms with Crippen LogP contribution in [0.4, 0.5) is 0 Å². The highest BCUT2D eigenvalue weighted by Crippen LogP contribution is 2.21. The van der Waals surface area contributed by atoms with Gasteiger partial charge in [-0.1, -0.05) is 30.7 Å². The lowest BCUT2D eigenvalue weighted by molar-refractivity contribution is -0.115. The first-order valence-electron chi connectivity index (χ1n) is 8.27. The molecule has 1 aromatic heterocycles. The Morgan fingerprint density at radius 3 is 2.84 bits per heavy atom. The van der Waals surface area contributed by atoms with E-state index in [1.54, 1.807) is 30.3 Å². The number of aromatic nitrogens is 3. The molecule has 0 N–H and O–H groups in total. The van der Waals surface area contributed by atoms with E-state index in [2.05, 4.69) is 22.3 Å². The summed E-state index contributed by atoms with van der Waals surface area (Å²) >= 11 is 0. The van der Waals surface area contributed by atoms with Gasteiger partial charge in [-0.25, -0.2) is 0 Å². The van der Waals surface area contributed by atoms with Crippen molar-refractivity contribution in [3.8, 4) is 12.1 Å². The first kappa shape index (κ1) is 16.6. The van der Waals surface area contributed by atoms with Crippen LogP contribution in [0.25, 0.3) is 6.08 Å². The average Bonchev–Trinajstić information content (AvgIpc) is 2.88. The molecular weight excluding hydrogens is 314 g/mol. The number of aryl methyl sites for hydroxylation is 1. The maximum atomic E-state index is 12.5. The number of allylic oxidation sites excluding steroid dienone is 1. The van der Waals surface area contributed by atoms with Crippen molar-refractivity contribution in [1.29, 1.82) is 10.5 Å². The summed E-state index contributed by atoms with van der Waals surface area (Å²) in [6.07, 6.45) is 6.90. The Kier molecular flexibility index (Phi) is 5.01. The lowest BCUT2D eigenvalue weighted by Crippen LogP contribution is -2.15. The summed E-state index contributed by atoms with van der Waals surface area (Å²) < 4.78 is 1.91. The molecule has 1 aliphatic rings. The van der Waals surface area contributed by atoms with E-state index in [0.717, 1.165) is 38.1 Å². The summed E-state index contributed by atoms with van der Waals surface area (Å²) in [4.78, 5) is 12.5. The molecule has 1 atom stereocenters. The predicted octanol–water partition coefficient (Wildman–Crippen LogP) is 2.77. The molecule has 0 spiro atoms. The number of carbonyl (C=O) groups is 1. The molecule has 0 saturated carbocycles. The van der Waals surface area contributed by atoms with Crippen LogP contribution < -0.4 is 0 Å². The smallest absolute Gasteiger partial charge is 0.180 e. The number of carbonyl (C=O) groups excluding carboxylic acids is 1. The molecule has 0 radical (unpaired) electrons. The van der Waals surface area contributed by atoms with Gasteiger partial charge in [0.05, 0.1) is 17.7 Å². The summed E-state index contributed by atoms with van der Waals surface area (Å²) in [6.45, 7) is 0.740. The van der Waals surface area contributed by atoms with Gasteiger partial charge in [0.1, 0.15) is 5.82 Å². The van der Waals surface area contributed by atoms with Gasteiger partial charge in [-0.05, 0) is 30.5 Å². The molecule has 124 valence electrons. The number of benzene rings is 1. The van der Waals surface area contributed by atoms with Crippen molar-refractivity contribution < 1.29 is 4.79 Å². The molecule has 0 bridgehead atoms. The molecule has 25 heavy (non-hydrogen) atoms. The minimum Gasteiger partial charge on any atom is -0.313 e. The van der Waals surface area contributed by atoms with E-state index in [0.29, 0.717) is 17.0 Å². The van der Waals surface area contributed by atoms with Gasteiger partial charge in [0, 0.05) is 13.0 Å². The van der Waals surface area contributed by atoms with Gasteiger partial charge in [-0.2, -0.15) is 10.5 Å². The number of ketones is 1. The molecular formula is C19H17N5O. The third kappa shape index (κ3) is 3.49. The fraction of sp³-hybridized carbons (Fsp3) is 0.316. The van der Waals surface area contributed by atoms with Crippen LogP contribution in [0, 0.1) is 22.7 Å². The van der Waals surface area contributed by atoms with E-state index in [4.69, 9.17) is 5.26 Å². The fourth-order valence-corrected chi connectivity index (χ4v) is 2.98. The summed E-state index contributed by atoms with van der Waals surface area (Å²) in [7, 11) is 0. The Morgan fingerprint density at radius 1 is 1.20 bits per heavy atom. The number of hydrogen-bond donors (Lipinski definition) is 0. The van der Waals surface area contributed by atoms with Crippen molar-refractivity contribution in [3.63, 3.8) is 0 Å². The highest BCUT2D eigenvalue weighted by molar-refractivity contribution is 6.00. The SMILES string of the molecule is N#Cc1ccccc1/C=C/C(=O)C(C#N)c1nnc2n1CCCCC2. The Bertz CT molecular complexity index is 897. The topological polar surface area (TPSA) is 95.4 Å². The van der Waals surface area contributed by atoms with Gasteiger partial charge >= 0.3 is 0 Å². The van der Waals surface area contributed by atoms with E-state index >= 15 is 0 Å². The molecule has 0 saturated heterocycles. The standard InChI is InChI=1S/C19H17N5O/c20-12-15-7-4-3-6-14(15)9-10-17(25)16(13-21)19-23-22-18-8-2-1-5-11-24(18)19/h3-4,6-7,9-10,16H,1-2,5,8,11H2/b10-9+. The van der Waals surface area contributed by atoms with E-state index in [9.17, 15) is 10.1 Å². The van der Waals surface area contributed by atoms with Crippen LogP contribution in [0.15, 0.2) is 30.3 Å². The third-order valence-corrected chi connectivity index (χ3v) is 4.32. The Morgan fingerprint density at radius 2 is 2.04 bits per heavy atom. The molecule has 0 aliphatic carbocycles. The summed E-state index contributed by atoms with van der Waals surface area (Å²) in [5, 5.41) is 26.9. The number of fused-ring (bicyclic) bond motifs is 1. The van der Waals surface area contributed by atoms with Crippen molar-refractivity contribution in [1.82, 2.24) is 14.8 Å². The Hall–Kier alpha value is -3.25. The Balaban J connectivity index is 1.86. The van der Waals surface area contributed by atoms with Crippen molar-refractivity contribution in [2.45, 2.75) is 38.1 Å². The number of nitriles is 2. The summed E-state index contributed by atoms with van der Waals surface area (Å²) in [5.74, 6) is -0.0680.